The van der Waals surface area contributed by atoms with Crippen LogP contribution >= 0.6 is 24.0 Å². The predicted octanol–water partition coefficient (Wildman–Crippen LogP) is 2.68. The number of amides is 1. The lowest BCUT2D eigenvalue weighted by atomic mass is 10.0. The first-order valence-electron chi connectivity index (χ1n) is 10.1. The van der Waals surface area contributed by atoms with E-state index in [0.29, 0.717) is 25.0 Å². The fourth-order valence-electron chi connectivity index (χ4n) is 3.47. The first kappa shape index (κ1) is 25.4. The SMILES string of the molecule is CCNC(=NCC(C)N1CCCCC1C)NCCC(=O)N(CC)CC.I. The fourth-order valence-corrected chi connectivity index (χ4v) is 3.47. The summed E-state index contributed by atoms with van der Waals surface area (Å²) in [5.41, 5.74) is 0. The molecule has 0 spiro atoms. The Morgan fingerprint density at radius 3 is 2.50 bits per heavy atom. The number of rotatable bonds is 9. The smallest absolute Gasteiger partial charge is 0.224 e. The van der Waals surface area contributed by atoms with Gasteiger partial charge in [0.25, 0.3) is 0 Å². The van der Waals surface area contributed by atoms with Crippen LogP contribution in [-0.2, 0) is 4.79 Å². The van der Waals surface area contributed by atoms with Gasteiger partial charge in [0, 0.05) is 44.7 Å². The summed E-state index contributed by atoms with van der Waals surface area (Å²) in [6.45, 7) is 15.6. The van der Waals surface area contributed by atoms with Gasteiger partial charge in [0.05, 0.1) is 6.54 Å². The molecule has 1 aliphatic rings. The summed E-state index contributed by atoms with van der Waals surface area (Å²) >= 11 is 0. The van der Waals surface area contributed by atoms with Crippen molar-refractivity contribution in [3.63, 3.8) is 0 Å². The van der Waals surface area contributed by atoms with Gasteiger partial charge in [-0.15, -0.1) is 24.0 Å². The quantitative estimate of drug-likeness (QED) is 0.302. The second kappa shape index (κ2) is 14.5. The molecule has 1 amide bonds. The molecular formula is C19H40IN5O. The van der Waals surface area contributed by atoms with Crippen molar-refractivity contribution in [3.8, 4) is 0 Å². The Kier molecular flexibility index (Phi) is 14.2. The van der Waals surface area contributed by atoms with E-state index in [1.54, 1.807) is 0 Å². The number of aliphatic imine (C=N–C) groups is 1. The highest BCUT2D eigenvalue weighted by molar-refractivity contribution is 14.0. The van der Waals surface area contributed by atoms with Crippen molar-refractivity contribution in [2.24, 2.45) is 4.99 Å². The van der Waals surface area contributed by atoms with Crippen LogP contribution in [0.2, 0.25) is 0 Å². The number of nitrogens with one attached hydrogen (secondary N) is 2. The summed E-state index contributed by atoms with van der Waals surface area (Å²) in [6.07, 6.45) is 4.44. The predicted molar refractivity (Wildman–Crippen MR) is 121 cm³/mol. The van der Waals surface area contributed by atoms with E-state index in [1.165, 1.54) is 25.8 Å². The standard InChI is InChI=1S/C19H39N5O.HI/c1-6-20-19(21-13-12-18(25)23(7-2)8-3)22-15-17(5)24-14-10-9-11-16(24)4;/h16-17H,6-15H2,1-5H3,(H2,20,21,22);1H. The van der Waals surface area contributed by atoms with Gasteiger partial charge in [-0.25, -0.2) is 0 Å². The lowest BCUT2D eigenvalue weighted by molar-refractivity contribution is -0.130. The number of halogens is 1. The molecule has 0 bridgehead atoms. The maximum Gasteiger partial charge on any atom is 0.224 e. The number of nitrogens with zero attached hydrogens (tertiary/aromatic N) is 3. The van der Waals surface area contributed by atoms with Crippen LogP contribution in [0.15, 0.2) is 4.99 Å². The molecule has 0 aliphatic carbocycles. The minimum Gasteiger partial charge on any atom is -0.357 e. The summed E-state index contributed by atoms with van der Waals surface area (Å²) in [6, 6.07) is 1.10. The Hall–Kier alpha value is -0.570. The van der Waals surface area contributed by atoms with Crippen molar-refractivity contribution in [1.82, 2.24) is 20.4 Å². The first-order valence-corrected chi connectivity index (χ1v) is 10.1. The van der Waals surface area contributed by atoms with E-state index in [1.807, 2.05) is 18.7 Å². The summed E-state index contributed by atoms with van der Waals surface area (Å²) in [7, 11) is 0. The first-order chi connectivity index (χ1) is 12.0. The number of hydrogen-bond donors (Lipinski definition) is 2. The van der Waals surface area contributed by atoms with Gasteiger partial charge in [-0.05, 0) is 54.0 Å². The van der Waals surface area contributed by atoms with Gasteiger partial charge in [-0.2, -0.15) is 0 Å². The van der Waals surface area contributed by atoms with Crippen LogP contribution in [0.3, 0.4) is 0 Å². The molecule has 26 heavy (non-hydrogen) atoms. The van der Waals surface area contributed by atoms with Gasteiger partial charge < -0.3 is 15.5 Å². The number of carbonyl (C=O) groups excluding carboxylic acids is 1. The van der Waals surface area contributed by atoms with Crippen LogP contribution in [-0.4, -0.2) is 73.0 Å². The summed E-state index contributed by atoms with van der Waals surface area (Å²) in [5, 5.41) is 6.58. The molecule has 154 valence electrons. The molecule has 2 unspecified atom stereocenters. The van der Waals surface area contributed by atoms with E-state index in [0.717, 1.165) is 32.1 Å². The van der Waals surface area contributed by atoms with Gasteiger partial charge in [0.1, 0.15) is 0 Å². The third-order valence-corrected chi connectivity index (χ3v) is 5.03. The highest BCUT2D eigenvalue weighted by Crippen LogP contribution is 2.19. The number of carbonyl (C=O) groups is 1. The number of likely N-dealkylation sites (tertiary alicyclic amines) is 1. The molecule has 1 fully saturated rings. The molecule has 2 N–H and O–H groups in total. The molecule has 1 heterocycles. The lowest BCUT2D eigenvalue weighted by Crippen LogP contribution is -2.46. The molecule has 0 aromatic rings. The third kappa shape index (κ3) is 8.88. The molecule has 1 rings (SSSR count). The zero-order valence-electron chi connectivity index (χ0n) is 17.4. The van der Waals surface area contributed by atoms with Crippen LogP contribution in [0.1, 0.15) is 60.3 Å². The molecule has 7 heteroatoms. The van der Waals surface area contributed by atoms with Crippen molar-refractivity contribution in [2.75, 3.05) is 39.3 Å². The Bertz CT molecular complexity index is 415. The third-order valence-electron chi connectivity index (χ3n) is 5.03. The van der Waals surface area contributed by atoms with Gasteiger partial charge in [-0.1, -0.05) is 6.42 Å². The molecule has 0 radical (unpaired) electrons. The Morgan fingerprint density at radius 1 is 1.23 bits per heavy atom. The number of guanidine groups is 1. The maximum atomic E-state index is 12.1. The topological polar surface area (TPSA) is 60.0 Å². The van der Waals surface area contributed by atoms with Crippen LogP contribution < -0.4 is 10.6 Å². The monoisotopic (exact) mass is 481 g/mol. The molecule has 0 aromatic heterocycles. The minimum absolute atomic E-state index is 0. The average molecular weight is 481 g/mol. The van der Waals surface area contributed by atoms with Crippen LogP contribution in [0.5, 0.6) is 0 Å². The van der Waals surface area contributed by atoms with E-state index in [9.17, 15) is 4.79 Å². The van der Waals surface area contributed by atoms with Crippen LogP contribution in [0.4, 0.5) is 0 Å². The zero-order chi connectivity index (χ0) is 18.7. The molecule has 1 saturated heterocycles. The van der Waals surface area contributed by atoms with E-state index in [2.05, 4.69) is 36.3 Å². The van der Waals surface area contributed by atoms with Crippen molar-refractivity contribution < 1.29 is 4.79 Å². The van der Waals surface area contributed by atoms with Crippen LogP contribution in [0, 0.1) is 0 Å². The van der Waals surface area contributed by atoms with Crippen molar-refractivity contribution >= 4 is 35.8 Å². The Morgan fingerprint density at radius 2 is 1.92 bits per heavy atom. The molecule has 2 atom stereocenters. The molecule has 1 aliphatic heterocycles. The summed E-state index contributed by atoms with van der Waals surface area (Å²) in [5.74, 6) is 1.01. The van der Waals surface area contributed by atoms with Gasteiger partial charge in [0.2, 0.25) is 5.91 Å². The van der Waals surface area contributed by atoms with Crippen molar-refractivity contribution in [1.29, 1.82) is 0 Å². The normalized spacial score (nSPS) is 19.4. The second-order valence-electron chi connectivity index (χ2n) is 6.89. The summed E-state index contributed by atoms with van der Waals surface area (Å²) < 4.78 is 0. The second-order valence-corrected chi connectivity index (χ2v) is 6.89. The maximum absolute atomic E-state index is 12.1. The summed E-state index contributed by atoms with van der Waals surface area (Å²) in [4.78, 5) is 21.2. The van der Waals surface area contributed by atoms with E-state index < -0.39 is 0 Å². The van der Waals surface area contributed by atoms with E-state index >= 15 is 0 Å². The number of hydrogen-bond acceptors (Lipinski definition) is 3. The van der Waals surface area contributed by atoms with E-state index in [-0.39, 0.29) is 29.9 Å². The van der Waals surface area contributed by atoms with Crippen LogP contribution in [0.25, 0.3) is 0 Å². The highest BCUT2D eigenvalue weighted by atomic mass is 127. The highest BCUT2D eigenvalue weighted by Gasteiger charge is 2.22. The molecular weight excluding hydrogens is 441 g/mol. The fraction of sp³-hybridized carbons (Fsp3) is 0.895. The largest absolute Gasteiger partial charge is 0.357 e. The van der Waals surface area contributed by atoms with Crippen molar-refractivity contribution in [3.05, 3.63) is 0 Å². The van der Waals surface area contributed by atoms with Gasteiger partial charge in [-0.3, -0.25) is 14.7 Å². The number of piperidine rings is 1. The average Bonchev–Trinajstić information content (AvgIpc) is 2.60. The molecule has 0 aromatic carbocycles. The Labute approximate surface area is 177 Å². The Balaban J connectivity index is 0.00000625. The zero-order valence-corrected chi connectivity index (χ0v) is 19.7. The molecule has 6 nitrogen and oxygen atoms in total. The van der Waals surface area contributed by atoms with Gasteiger partial charge in [0.15, 0.2) is 5.96 Å². The van der Waals surface area contributed by atoms with Gasteiger partial charge >= 0.3 is 0 Å². The molecule has 0 saturated carbocycles. The van der Waals surface area contributed by atoms with E-state index in [4.69, 9.17) is 4.99 Å². The minimum atomic E-state index is 0. The van der Waals surface area contributed by atoms with Crippen molar-refractivity contribution in [2.45, 2.75) is 72.4 Å². The lowest BCUT2D eigenvalue weighted by Gasteiger charge is -2.37.